The average Bonchev–Trinajstić information content (AvgIpc) is 2.27. The second-order valence-corrected chi connectivity index (χ2v) is 5.32. The molecule has 0 heterocycles. The van der Waals surface area contributed by atoms with Gasteiger partial charge in [-0.1, -0.05) is 49.2 Å². The molecule has 0 fully saturated rings. The van der Waals surface area contributed by atoms with Gasteiger partial charge in [-0.15, -0.1) is 0 Å². The number of hydrogen-bond acceptors (Lipinski definition) is 1. The molecule has 1 aromatic rings. The minimum Gasteiger partial charge on any atom is -0.310 e. The molecular weight excluding hydrogens is 281 g/mol. The summed E-state index contributed by atoms with van der Waals surface area (Å²) in [5.74, 6) is 0.348. The molecule has 2 unspecified atom stereocenters. The van der Waals surface area contributed by atoms with Crippen LogP contribution in [0.25, 0.3) is 0 Å². The van der Waals surface area contributed by atoms with Crippen molar-refractivity contribution in [2.75, 3.05) is 6.54 Å². The molecule has 2 atom stereocenters. The summed E-state index contributed by atoms with van der Waals surface area (Å²) in [6, 6.07) is 5.23. The van der Waals surface area contributed by atoms with E-state index in [2.05, 4.69) is 42.0 Å². The minimum atomic E-state index is -0.195. The highest BCUT2D eigenvalue weighted by Crippen LogP contribution is 2.31. The molecule has 0 bridgehead atoms. The van der Waals surface area contributed by atoms with Gasteiger partial charge in [-0.2, -0.15) is 0 Å². The number of rotatable bonds is 6. The zero-order valence-electron chi connectivity index (χ0n) is 10.8. The summed E-state index contributed by atoms with van der Waals surface area (Å²) in [6.07, 6.45) is 2.34. The summed E-state index contributed by atoms with van der Waals surface area (Å²) in [5, 5.41) is 3.49. The van der Waals surface area contributed by atoms with E-state index >= 15 is 0 Å². The van der Waals surface area contributed by atoms with Crippen LogP contribution in [-0.2, 0) is 0 Å². The molecule has 0 amide bonds. The van der Waals surface area contributed by atoms with Gasteiger partial charge in [-0.25, -0.2) is 4.39 Å². The summed E-state index contributed by atoms with van der Waals surface area (Å²) < 4.78 is 13.9. The molecule has 0 aliphatic rings. The largest absolute Gasteiger partial charge is 0.310 e. The van der Waals surface area contributed by atoms with E-state index in [0.29, 0.717) is 5.92 Å². The van der Waals surface area contributed by atoms with Gasteiger partial charge in [-0.05, 0) is 36.6 Å². The van der Waals surface area contributed by atoms with Gasteiger partial charge in [0.25, 0.3) is 0 Å². The topological polar surface area (TPSA) is 12.0 Å². The Hall–Kier alpha value is -0.410. The zero-order valence-corrected chi connectivity index (χ0v) is 12.3. The monoisotopic (exact) mass is 301 g/mol. The maximum absolute atomic E-state index is 13.1. The Morgan fingerprint density at radius 1 is 1.35 bits per heavy atom. The molecule has 1 nitrogen and oxygen atoms in total. The van der Waals surface area contributed by atoms with Crippen molar-refractivity contribution in [1.82, 2.24) is 5.32 Å². The van der Waals surface area contributed by atoms with Crippen LogP contribution in [0, 0.1) is 11.7 Å². The van der Waals surface area contributed by atoms with Crippen LogP contribution in [0.3, 0.4) is 0 Å². The van der Waals surface area contributed by atoms with Crippen molar-refractivity contribution in [1.29, 1.82) is 0 Å². The van der Waals surface area contributed by atoms with Gasteiger partial charge in [0.2, 0.25) is 0 Å². The van der Waals surface area contributed by atoms with Crippen LogP contribution in [0.4, 0.5) is 4.39 Å². The highest BCUT2D eigenvalue weighted by Gasteiger charge is 2.20. The Morgan fingerprint density at radius 3 is 2.59 bits per heavy atom. The fraction of sp³-hybridized carbons (Fsp3) is 0.571. The smallest absolute Gasteiger partial charge is 0.124 e. The van der Waals surface area contributed by atoms with E-state index in [9.17, 15) is 4.39 Å². The Kier molecular flexibility index (Phi) is 6.14. The van der Waals surface area contributed by atoms with E-state index < -0.39 is 0 Å². The molecule has 0 aliphatic heterocycles. The lowest BCUT2D eigenvalue weighted by molar-refractivity contribution is 0.368. The average molecular weight is 302 g/mol. The molecule has 0 radical (unpaired) electrons. The number of nitrogens with one attached hydrogen (secondary N) is 1. The lowest BCUT2D eigenvalue weighted by Gasteiger charge is -2.26. The van der Waals surface area contributed by atoms with E-state index in [1.54, 1.807) is 6.07 Å². The standard InChI is InChI=1S/C14H21BrFN/c1-4-6-10(3)14(17-5-2)12-8-7-11(16)9-13(12)15/h7-10,14,17H,4-6H2,1-3H3. The van der Waals surface area contributed by atoms with Crippen LogP contribution in [0.1, 0.15) is 45.2 Å². The van der Waals surface area contributed by atoms with Gasteiger partial charge >= 0.3 is 0 Å². The molecule has 0 saturated carbocycles. The molecule has 3 heteroatoms. The first-order valence-corrected chi connectivity index (χ1v) is 7.07. The van der Waals surface area contributed by atoms with Crippen LogP contribution >= 0.6 is 15.9 Å². The molecule has 0 spiro atoms. The van der Waals surface area contributed by atoms with Crippen LogP contribution in [-0.4, -0.2) is 6.54 Å². The van der Waals surface area contributed by atoms with Crippen molar-refractivity contribution in [2.45, 2.75) is 39.7 Å². The number of benzene rings is 1. The SMILES string of the molecule is CCCC(C)C(NCC)c1ccc(F)cc1Br. The quantitative estimate of drug-likeness (QED) is 0.805. The van der Waals surface area contributed by atoms with Crippen molar-refractivity contribution in [3.63, 3.8) is 0 Å². The van der Waals surface area contributed by atoms with Gasteiger partial charge in [-0.3, -0.25) is 0 Å². The lowest BCUT2D eigenvalue weighted by Crippen LogP contribution is -2.27. The molecule has 1 N–H and O–H groups in total. The Morgan fingerprint density at radius 2 is 2.06 bits per heavy atom. The van der Waals surface area contributed by atoms with Crippen LogP contribution in [0.5, 0.6) is 0 Å². The van der Waals surface area contributed by atoms with E-state index in [-0.39, 0.29) is 11.9 Å². The fourth-order valence-corrected chi connectivity index (χ4v) is 2.81. The summed E-state index contributed by atoms with van der Waals surface area (Å²) in [4.78, 5) is 0. The summed E-state index contributed by atoms with van der Waals surface area (Å²) >= 11 is 3.46. The lowest BCUT2D eigenvalue weighted by atomic mass is 9.91. The molecule has 1 aromatic carbocycles. The minimum absolute atomic E-state index is 0.195. The van der Waals surface area contributed by atoms with Crippen molar-refractivity contribution in [3.05, 3.63) is 34.1 Å². The van der Waals surface area contributed by atoms with E-state index in [0.717, 1.165) is 16.6 Å². The maximum Gasteiger partial charge on any atom is 0.124 e. The molecule has 17 heavy (non-hydrogen) atoms. The zero-order chi connectivity index (χ0) is 12.8. The van der Waals surface area contributed by atoms with Crippen LogP contribution in [0.2, 0.25) is 0 Å². The third-order valence-electron chi connectivity index (χ3n) is 3.03. The maximum atomic E-state index is 13.1. The number of halogens is 2. The second kappa shape index (κ2) is 7.12. The van der Waals surface area contributed by atoms with E-state index in [1.165, 1.54) is 18.9 Å². The van der Waals surface area contributed by atoms with E-state index in [4.69, 9.17) is 0 Å². The van der Waals surface area contributed by atoms with Gasteiger partial charge in [0, 0.05) is 10.5 Å². The molecular formula is C14H21BrFN. The highest BCUT2D eigenvalue weighted by molar-refractivity contribution is 9.10. The first-order valence-electron chi connectivity index (χ1n) is 6.28. The number of hydrogen-bond donors (Lipinski definition) is 1. The van der Waals surface area contributed by atoms with E-state index in [1.807, 2.05) is 6.07 Å². The van der Waals surface area contributed by atoms with Crippen molar-refractivity contribution in [3.8, 4) is 0 Å². The van der Waals surface area contributed by atoms with Gasteiger partial charge in [0.05, 0.1) is 0 Å². The molecule has 0 aromatic heterocycles. The summed E-state index contributed by atoms with van der Waals surface area (Å²) in [7, 11) is 0. The van der Waals surface area contributed by atoms with Crippen LogP contribution < -0.4 is 5.32 Å². The van der Waals surface area contributed by atoms with Gasteiger partial charge in [0.15, 0.2) is 0 Å². The third kappa shape index (κ3) is 4.07. The summed E-state index contributed by atoms with van der Waals surface area (Å²) in [5.41, 5.74) is 1.15. The summed E-state index contributed by atoms with van der Waals surface area (Å²) in [6.45, 7) is 7.46. The first-order chi connectivity index (χ1) is 8.10. The third-order valence-corrected chi connectivity index (χ3v) is 3.72. The van der Waals surface area contributed by atoms with Gasteiger partial charge < -0.3 is 5.32 Å². The van der Waals surface area contributed by atoms with Crippen molar-refractivity contribution in [2.24, 2.45) is 5.92 Å². The second-order valence-electron chi connectivity index (χ2n) is 4.47. The Balaban J connectivity index is 2.96. The van der Waals surface area contributed by atoms with Crippen LogP contribution in [0.15, 0.2) is 22.7 Å². The Bertz CT molecular complexity index is 354. The predicted molar refractivity (Wildman–Crippen MR) is 74.6 cm³/mol. The fourth-order valence-electron chi connectivity index (χ4n) is 2.21. The predicted octanol–water partition coefficient (Wildman–Crippen LogP) is 4.68. The molecule has 0 aliphatic carbocycles. The molecule has 1 rings (SSSR count). The first kappa shape index (κ1) is 14.7. The Labute approximate surface area is 112 Å². The van der Waals surface area contributed by atoms with Crippen molar-refractivity contribution >= 4 is 15.9 Å². The molecule has 0 saturated heterocycles. The van der Waals surface area contributed by atoms with Gasteiger partial charge in [0.1, 0.15) is 5.82 Å². The highest BCUT2D eigenvalue weighted by atomic mass is 79.9. The molecule has 96 valence electrons. The van der Waals surface area contributed by atoms with Crippen molar-refractivity contribution < 1.29 is 4.39 Å². The normalized spacial score (nSPS) is 14.6.